The summed E-state index contributed by atoms with van der Waals surface area (Å²) in [6, 6.07) is 0.484. The number of rotatable bonds is 2. The van der Waals surface area contributed by atoms with Gasteiger partial charge in [-0.1, -0.05) is 38.3 Å². The largest absolute Gasteiger partial charge is 0.383 e. The van der Waals surface area contributed by atoms with Crippen molar-refractivity contribution in [1.82, 2.24) is 10.6 Å². The van der Waals surface area contributed by atoms with Gasteiger partial charge in [0.15, 0.2) is 0 Å². The molecule has 0 aromatic carbocycles. The molecule has 0 bridgehead atoms. The summed E-state index contributed by atoms with van der Waals surface area (Å²) in [4.78, 5) is 1.80. The van der Waals surface area contributed by atoms with Crippen molar-refractivity contribution in [3.8, 4) is 0 Å². The van der Waals surface area contributed by atoms with Gasteiger partial charge >= 0.3 is 0 Å². The molecule has 0 heterocycles. The van der Waals surface area contributed by atoms with Gasteiger partial charge in [0.05, 0.1) is 9.98 Å². The molecule has 0 aromatic rings. The fourth-order valence-electron chi connectivity index (χ4n) is 0.695. The van der Waals surface area contributed by atoms with E-state index in [9.17, 15) is 0 Å². The molecule has 0 saturated carbocycles. The first-order valence-corrected chi connectivity index (χ1v) is 5.61. The predicted molar refractivity (Wildman–Crippen MR) is 73.0 cm³/mol. The minimum absolute atomic E-state index is 0.484. The Kier molecular flexibility index (Phi) is 10.8. The van der Waals surface area contributed by atoms with E-state index in [1.54, 1.807) is 0 Å². The van der Waals surface area contributed by atoms with Gasteiger partial charge in [-0.05, 0) is 20.8 Å². The van der Waals surface area contributed by atoms with Crippen LogP contribution in [0.25, 0.3) is 0 Å². The molecule has 0 aromatic heterocycles. The molecule has 84 valence electrons. The molecule has 0 unspecified atom stereocenters. The van der Waals surface area contributed by atoms with Gasteiger partial charge in [0.2, 0.25) is 0 Å². The van der Waals surface area contributed by atoms with E-state index in [4.69, 9.17) is 24.4 Å². The molecule has 0 spiro atoms. The second-order valence-electron chi connectivity index (χ2n) is 3.62. The van der Waals surface area contributed by atoms with Crippen LogP contribution >= 0.6 is 24.4 Å². The van der Waals surface area contributed by atoms with Crippen molar-refractivity contribution in [2.45, 2.75) is 40.7 Å². The molecule has 0 radical (unpaired) electrons. The highest BCUT2D eigenvalue weighted by molar-refractivity contribution is 7.80. The molecule has 0 amide bonds. The highest BCUT2D eigenvalue weighted by Gasteiger charge is 1.95. The van der Waals surface area contributed by atoms with Crippen molar-refractivity contribution < 1.29 is 0 Å². The summed E-state index contributed by atoms with van der Waals surface area (Å²) in [6.07, 6.45) is 0. The molecule has 0 atom stereocenters. The van der Waals surface area contributed by atoms with E-state index < -0.39 is 0 Å². The molecule has 2 nitrogen and oxygen atoms in total. The van der Waals surface area contributed by atoms with Gasteiger partial charge in [-0.2, -0.15) is 0 Å². The third-order valence-electron chi connectivity index (χ3n) is 1.26. The molecular weight excluding hydrogens is 212 g/mol. The number of nitrogens with one attached hydrogen (secondary N) is 2. The first-order valence-electron chi connectivity index (χ1n) is 4.79. The molecule has 0 rings (SSSR count). The van der Waals surface area contributed by atoms with E-state index in [1.807, 2.05) is 14.0 Å². The molecule has 0 fully saturated rings. The Morgan fingerprint density at radius 3 is 1.50 bits per heavy atom. The van der Waals surface area contributed by atoms with Gasteiger partial charge in [0.1, 0.15) is 0 Å². The van der Waals surface area contributed by atoms with Crippen LogP contribution in [0, 0.1) is 5.92 Å². The van der Waals surface area contributed by atoms with E-state index in [1.165, 1.54) is 0 Å². The van der Waals surface area contributed by atoms with Crippen molar-refractivity contribution in [3.05, 3.63) is 0 Å². The number of hydrogen-bond acceptors (Lipinski definition) is 2. The van der Waals surface area contributed by atoms with Crippen LogP contribution in [0.15, 0.2) is 0 Å². The lowest BCUT2D eigenvalue weighted by atomic mass is 10.2. The molecule has 14 heavy (non-hydrogen) atoms. The topological polar surface area (TPSA) is 24.1 Å². The van der Waals surface area contributed by atoms with E-state index in [0.717, 1.165) is 9.98 Å². The summed E-state index contributed by atoms with van der Waals surface area (Å²) in [5.74, 6) is 0.486. The van der Waals surface area contributed by atoms with Crippen LogP contribution in [0.2, 0.25) is 0 Å². The Labute approximate surface area is 98.8 Å². The van der Waals surface area contributed by atoms with Crippen LogP contribution in [0.3, 0.4) is 0 Å². The quantitative estimate of drug-likeness (QED) is 0.717. The minimum Gasteiger partial charge on any atom is -0.383 e. The lowest BCUT2D eigenvalue weighted by Gasteiger charge is -2.04. The number of thiocarbonyl (C=S) groups is 2. The zero-order chi connectivity index (χ0) is 11.7. The fourth-order valence-corrected chi connectivity index (χ4v) is 0.931. The minimum atomic E-state index is 0.484. The Balaban J connectivity index is 0. The second kappa shape index (κ2) is 9.34. The van der Waals surface area contributed by atoms with Crippen LogP contribution in [0.1, 0.15) is 34.6 Å². The van der Waals surface area contributed by atoms with Crippen molar-refractivity contribution >= 4 is 34.4 Å². The summed E-state index contributed by atoms with van der Waals surface area (Å²) in [6.45, 7) is 10.2. The van der Waals surface area contributed by atoms with Crippen LogP contribution in [0.4, 0.5) is 0 Å². The predicted octanol–water partition coefficient (Wildman–Crippen LogP) is 2.52. The fraction of sp³-hybridized carbons (Fsp3) is 0.800. The van der Waals surface area contributed by atoms with Crippen LogP contribution in [0.5, 0.6) is 0 Å². The Bertz CT molecular complexity index is 177. The molecule has 0 saturated heterocycles. The number of hydrogen-bond donors (Lipinski definition) is 2. The zero-order valence-corrected chi connectivity index (χ0v) is 11.6. The average molecular weight is 234 g/mol. The first kappa shape index (κ1) is 16.2. The molecule has 0 aliphatic rings. The van der Waals surface area contributed by atoms with Crippen LogP contribution in [-0.2, 0) is 0 Å². The molecule has 0 aliphatic carbocycles. The van der Waals surface area contributed by atoms with Gasteiger partial charge in [0.25, 0.3) is 0 Å². The average Bonchev–Trinajstić information content (AvgIpc) is 2.01. The Hall–Kier alpha value is -0.220. The van der Waals surface area contributed by atoms with E-state index >= 15 is 0 Å². The smallest absolute Gasteiger partial charge is 0.0776 e. The Morgan fingerprint density at radius 2 is 1.50 bits per heavy atom. The van der Waals surface area contributed by atoms with Gasteiger partial charge in [-0.15, -0.1) is 0 Å². The van der Waals surface area contributed by atoms with Crippen LogP contribution < -0.4 is 10.6 Å². The Morgan fingerprint density at radius 1 is 1.07 bits per heavy atom. The maximum Gasteiger partial charge on any atom is 0.0776 e. The van der Waals surface area contributed by atoms with Crippen LogP contribution in [-0.4, -0.2) is 23.1 Å². The lowest BCUT2D eigenvalue weighted by molar-refractivity contribution is 0.738. The zero-order valence-electron chi connectivity index (χ0n) is 9.97. The van der Waals surface area contributed by atoms with Crippen molar-refractivity contribution in [2.75, 3.05) is 7.05 Å². The van der Waals surface area contributed by atoms with E-state index in [0.29, 0.717) is 12.0 Å². The van der Waals surface area contributed by atoms with Crippen molar-refractivity contribution in [3.63, 3.8) is 0 Å². The summed E-state index contributed by atoms with van der Waals surface area (Å²) in [5.41, 5.74) is 0. The van der Waals surface area contributed by atoms with E-state index in [2.05, 4.69) is 38.3 Å². The summed E-state index contributed by atoms with van der Waals surface area (Å²) >= 11 is 9.63. The molecule has 4 heteroatoms. The normalized spacial score (nSPS) is 9.14. The molecule has 2 N–H and O–H groups in total. The molecule has 0 aliphatic heterocycles. The van der Waals surface area contributed by atoms with Gasteiger partial charge in [-0.3, -0.25) is 0 Å². The van der Waals surface area contributed by atoms with Gasteiger partial charge < -0.3 is 10.6 Å². The van der Waals surface area contributed by atoms with Gasteiger partial charge in [0, 0.05) is 19.0 Å². The highest BCUT2D eigenvalue weighted by Crippen LogP contribution is 1.90. The SMILES string of the molecule is CC(=S)NC(C)C.CNC(=S)C(C)C. The third-order valence-corrected chi connectivity index (χ3v) is 2.06. The summed E-state index contributed by atoms with van der Waals surface area (Å²) in [7, 11) is 1.85. The summed E-state index contributed by atoms with van der Waals surface area (Å²) in [5, 5.41) is 5.93. The monoisotopic (exact) mass is 234 g/mol. The lowest BCUT2D eigenvalue weighted by Crippen LogP contribution is -2.25. The molecular formula is C10H22N2S2. The maximum absolute atomic E-state index is 4.87. The first-order chi connectivity index (χ1) is 6.31. The van der Waals surface area contributed by atoms with Gasteiger partial charge in [-0.25, -0.2) is 0 Å². The highest BCUT2D eigenvalue weighted by atomic mass is 32.1. The maximum atomic E-state index is 4.87. The standard InChI is InChI=1S/2C5H11NS/c1-4(2)5(7)6-3;1-4(2)6-5(3)7/h2*4H,1-3H3,(H,6,7). The van der Waals surface area contributed by atoms with E-state index in [-0.39, 0.29) is 0 Å². The second-order valence-corrected chi connectivity index (χ2v) is 4.68. The van der Waals surface area contributed by atoms with Crippen molar-refractivity contribution in [1.29, 1.82) is 0 Å². The van der Waals surface area contributed by atoms with Crippen molar-refractivity contribution in [2.24, 2.45) is 5.92 Å². The summed E-state index contributed by atoms with van der Waals surface area (Å²) < 4.78 is 0. The third kappa shape index (κ3) is 14.3.